The third-order valence-electron chi connectivity index (χ3n) is 2.52. The zero-order chi connectivity index (χ0) is 11.5. The van der Waals surface area contributed by atoms with E-state index in [0.717, 1.165) is 21.4 Å². The van der Waals surface area contributed by atoms with Gasteiger partial charge in [0.05, 0.1) is 6.10 Å². The molecule has 4 heteroatoms. The summed E-state index contributed by atoms with van der Waals surface area (Å²) in [7, 11) is 0. The molecule has 2 rings (SSSR count). The molecular weight excluding hydrogens is 268 g/mol. The second-order valence-electron chi connectivity index (χ2n) is 3.76. The van der Waals surface area contributed by atoms with Crippen molar-refractivity contribution >= 4 is 15.9 Å². The summed E-state index contributed by atoms with van der Waals surface area (Å²) >= 11 is 3.46. The molecule has 0 aliphatic rings. The first-order valence-corrected chi connectivity index (χ1v) is 5.88. The summed E-state index contributed by atoms with van der Waals surface area (Å²) < 4.78 is 1.02. The number of H-pyrrole nitrogens is 1. The molecule has 1 heterocycles. The molecule has 0 radical (unpaired) electrons. The number of hydrogen-bond acceptors (Lipinski definition) is 2. The average Bonchev–Trinajstić information content (AvgIpc) is 2.74. The minimum Gasteiger partial charge on any atom is -0.388 e. The number of benzene rings is 1. The summed E-state index contributed by atoms with van der Waals surface area (Å²) in [6, 6.07) is 5.88. The number of aromatic nitrogens is 2. The number of halogens is 1. The fourth-order valence-corrected chi connectivity index (χ4v) is 1.92. The molecule has 84 valence electrons. The van der Waals surface area contributed by atoms with Gasteiger partial charge in [-0.25, -0.2) is 4.98 Å². The van der Waals surface area contributed by atoms with Gasteiger partial charge in [-0.2, -0.15) is 0 Å². The van der Waals surface area contributed by atoms with Crippen molar-refractivity contribution in [2.75, 3.05) is 0 Å². The Morgan fingerprint density at radius 1 is 1.50 bits per heavy atom. The Morgan fingerprint density at radius 2 is 2.31 bits per heavy atom. The zero-order valence-corrected chi connectivity index (χ0v) is 10.5. The van der Waals surface area contributed by atoms with E-state index in [2.05, 4.69) is 25.9 Å². The SMILES string of the molecule is Cc1ccc(C(O)Cc2ncc[nH]2)cc1Br. The summed E-state index contributed by atoms with van der Waals surface area (Å²) in [4.78, 5) is 7.08. The Kier molecular flexibility index (Phi) is 3.41. The molecule has 2 aromatic rings. The third kappa shape index (κ3) is 2.51. The van der Waals surface area contributed by atoms with Crippen LogP contribution >= 0.6 is 15.9 Å². The number of aliphatic hydroxyl groups excluding tert-OH is 1. The van der Waals surface area contributed by atoms with Crippen LogP contribution in [-0.2, 0) is 6.42 Å². The molecule has 0 aliphatic heterocycles. The molecule has 2 N–H and O–H groups in total. The van der Waals surface area contributed by atoms with Gasteiger partial charge >= 0.3 is 0 Å². The Bertz CT molecular complexity index is 468. The van der Waals surface area contributed by atoms with E-state index < -0.39 is 6.10 Å². The van der Waals surface area contributed by atoms with Gasteiger partial charge in [0.1, 0.15) is 5.82 Å². The smallest absolute Gasteiger partial charge is 0.108 e. The second kappa shape index (κ2) is 4.80. The predicted molar refractivity (Wildman–Crippen MR) is 66.1 cm³/mol. The van der Waals surface area contributed by atoms with Crippen LogP contribution in [0.1, 0.15) is 23.1 Å². The first-order valence-electron chi connectivity index (χ1n) is 5.09. The number of rotatable bonds is 3. The van der Waals surface area contributed by atoms with Crippen LogP contribution in [0.3, 0.4) is 0 Å². The average molecular weight is 281 g/mol. The molecule has 3 nitrogen and oxygen atoms in total. The van der Waals surface area contributed by atoms with Gasteiger partial charge in [-0.1, -0.05) is 28.1 Å². The molecule has 0 bridgehead atoms. The van der Waals surface area contributed by atoms with E-state index in [1.54, 1.807) is 12.4 Å². The predicted octanol–water partition coefficient (Wildman–Crippen LogP) is 2.76. The Morgan fingerprint density at radius 3 is 2.94 bits per heavy atom. The largest absolute Gasteiger partial charge is 0.388 e. The Labute approximate surface area is 103 Å². The molecule has 1 atom stereocenters. The van der Waals surface area contributed by atoms with Gasteiger partial charge in [0.15, 0.2) is 0 Å². The topological polar surface area (TPSA) is 48.9 Å². The van der Waals surface area contributed by atoms with Crippen molar-refractivity contribution in [1.82, 2.24) is 9.97 Å². The molecule has 0 fully saturated rings. The number of nitrogens with zero attached hydrogens (tertiary/aromatic N) is 1. The van der Waals surface area contributed by atoms with Crippen molar-refractivity contribution in [2.24, 2.45) is 0 Å². The monoisotopic (exact) mass is 280 g/mol. The summed E-state index contributed by atoms with van der Waals surface area (Å²) in [5.74, 6) is 0.796. The first-order chi connectivity index (χ1) is 7.66. The highest BCUT2D eigenvalue weighted by atomic mass is 79.9. The quantitative estimate of drug-likeness (QED) is 0.908. The lowest BCUT2D eigenvalue weighted by Gasteiger charge is -2.10. The number of hydrogen-bond donors (Lipinski definition) is 2. The van der Waals surface area contributed by atoms with Crippen LogP contribution in [0.15, 0.2) is 35.1 Å². The molecule has 0 amide bonds. The maximum absolute atomic E-state index is 10.0. The minimum absolute atomic E-state index is 0.502. The van der Waals surface area contributed by atoms with Gasteiger partial charge in [0.2, 0.25) is 0 Å². The lowest BCUT2D eigenvalue weighted by molar-refractivity contribution is 0.176. The summed E-state index contributed by atoms with van der Waals surface area (Å²) in [6.45, 7) is 2.02. The van der Waals surface area contributed by atoms with Crippen LogP contribution in [0.2, 0.25) is 0 Å². The fourth-order valence-electron chi connectivity index (χ4n) is 1.53. The van der Waals surface area contributed by atoms with Crippen LogP contribution in [0.25, 0.3) is 0 Å². The molecule has 16 heavy (non-hydrogen) atoms. The van der Waals surface area contributed by atoms with Gasteiger partial charge < -0.3 is 10.1 Å². The molecular formula is C12H13BrN2O. The van der Waals surface area contributed by atoms with E-state index in [4.69, 9.17) is 0 Å². The maximum Gasteiger partial charge on any atom is 0.108 e. The third-order valence-corrected chi connectivity index (χ3v) is 3.38. The summed E-state index contributed by atoms with van der Waals surface area (Å²) in [5.41, 5.74) is 2.06. The standard InChI is InChI=1S/C12H13BrN2O/c1-8-2-3-9(6-10(8)13)11(16)7-12-14-4-5-15-12/h2-6,11,16H,7H2,1H3,(H,14,15). The van der Waals surface area contributed by atoms with Crippen LogP contribution < -0.4 is 0 Å². The van der Waals surface area contributed by atoms with E-state index in [0.29, 0.717) is 6.42 Å². The van der Waals surface area contributed by atoms with Gasteiger partial charge in [-0.05, 0) is 24.1 Å². The number of aryl methyl sites for hydroxylation is 1. The molecule has 0 aliphatic carbocycles. The summed E-state index contributed by atoms with van der Waals surface area (Å²) in [5, 5.41) is 10.0. The number of nitrogens with one attached hydrogen (secondary N) is 1. The van der Waals surface area contributed by atoms with Crippen LogP contribution in [0.5, 0.6) is 0 Å². The van der Waals surface area contributed by atoms with Crippen LogP contribution in [0.4, 0.5) is 0 Å². The highest BCUT2D eigenvalue weighted by molar-refractivity contribution is 9.10. The van der Waals surface area contributed by atoms with Gasteiger partial charge in [0, 0.05) is 23.3 Å². The van der Waals surface area contributed by atoms with Crippen molar-refractivity contribution in [2.45, 2.75) is 19.4 Å². The lowest BCUT2D eigenvalue weighted by atomic mass is 10.0. The highest BCUT2D eigenvalue weighted by Crippen LogP contribution is 2.23. The normalized spacial score (nSPS) is 12.7. The number of aromatic amines is 1. The Balaban J connectivity index is 2.14. The van der Waals surface area contributed by atoms with Crippen molar-refractivity contribution in [3.8, 4) is 0 Å². The molecule has 1 aromatic carbocycles. The second-order valence-corrected chi connectivity index (χ2v) is 4.62. The van der Waals surface area contributed by atoms with Crippen molar-refractivity contribution in [1.29, 1.82) is 0 Å². The zero-order valence-electron chi connectivity index (χ0n) is 8.94. The van der Waals surface area contributed by atoms with E-state index in [1.165, 1.54) is 0 Å². The first kappa shape index (κ1) is 11.4. The Hall–Kier alpha value is -1.13. The van der Waals surface area contributed by atoms with E-state index in [9.17, 15) is 5.11 Å². The molecule has 0 spiro atoms. The molecule has 1 aromatic heterocycles. The molecule has 0 saturated carbocycles. The lowest BCUT2D eigenvalue weighted by Crippen LogP contribution is -2.03. The number of aliphatic hydroxyl groups is 1. The van der Waals surface area contributed by atoms with E-state index in [1.807, 2.05) is 25.1 Å². The molecule has 0 saturated heterocycles. The maximum atomic E-state index is 10.0. The van der Waals surface area contributed by atoms with Gasteiger partial charge in [-0.3, -0.25) is 0 Å². The van der Waals surface area contributed by atoms with E-state index >= 15 is 0 Å². The van der Waals surface area contributed by atoms with Crippen LogP contribution in [0, 0.1) is 6.92 Å². The number of imidazole rings is 1. The fraction of sp³-hybridized carbons (Fsp3) is 0.250. The van der Waals surface area contributed by atoms with Crippen molar-refractivity contribution < 1.29 is 5.11 Å². The van der Waals surface area contributed by atoms with E-state index in [-0.39, 0.29) is 0 Å². The van der Waals surface area contributed by atoms with Crippen molar-refractivity contribution in [3.63, 3.8) is 0 Å². The highest BCUT2D eigenvalue weighted by Gasteiger charge is 2.10. The minimum atomic E-state index is -0.525. The van der Waals surface area contributed by atoms with Gasteiger partial charge in [0.25, 0.3) is 0 Å². The van der Waals surface area contributed by atoms with Crippen molar-refractivity contribution in [3.05, 3.63) is 52.0 Å². The van der Waals surface area contributed by atoms with Crippen LogP contribution in [-0.4, -0.2) is 15.1 Å². The molecule has 1 unspecified atom stereocenters. The van der Waals surface area contributed by atoms with Gasteiger partial charge in [-0.15, -0.1) is 0 Å². The summed E-state index contributed by atoms with van der Waals surface area (Å²) in [6.07, 6.45) is 3.42.